The second-order valence-corrected chi connectivity index (χ2v) is 9.83. The Hall–Kier alpha value is -2.40. The van der Waals surface area contributed by atoms with Crippen molar-refractivity contribution in [2.45, 2.75) is 44.2 Å². The quantitative estimate of drug-likeness (QED) is 0.743. The molecule has 2 fully saturated rings. The number of pyridine rings is 1. The number of aromatic nitrogens is 3. The summed E-state index contributed by atoms with van der Waals surface area (Å²) in [7, 11) is -4.04. The summed E-state index contributed by atoms with van der Waals surface area (Å²) in [5.41, 5.74) is 0.190. The molecule has 3 heterocycles. The molecule has 2 aliphatic rings. The molecule has 1 aliphatic heterocycles. The summed E-state index contributed by atoms with van der Waals surface area (Å²) in [4.78, 5) is 16.9. The van der Waals surface area contributed by atoms with Gasteiger partial charge in [0.05, 0.1) is 30.0 Å². The van der Waals surface area contributed by atoms with Crippen LogP contribution in [-0.4, -0.2) is 46.5 Å². The van der Waals surface area contributed by atoms with E-state index in [2.05, 4.69) is 15.4 Å². The Bertz CT molecular complexity index is 1040. The number of nitrogens with one attached hydrogen (secondary N) is 1. The van der Waals surface area contributed by atoms with Crippen LogP contribution in [0.15, 0.2) is 35.5 Å². The molecule has 0 aromatic carbocycles. The standard InChI is InChI=1S/C19H23F2N5O3S/c1-13-16(10-24-26(13)18(20)21)30(28,29)25-11-15(19(12-25)6-4-7-19)17(27)23-9-14-5-2-3-8-22-14/h2-3,5,8,10,15,18H,4,6-7,9,11-12H2,1H3,(H,23,27). The van der Waals surface area contributed by atoms with Gasteiger partial charge >= 0.3 is 6.55 Å². The molecule has 1 saturated heterocycles. The van der Waals surface area contributed by atoms with Gasteiger partial charge in [0.2, 0.25) is 15.9 Å². The van der Waals surface area contributed by atoms with E-state index in [1.165, 1.54) is 11.2 Å². The van der Waals surface area contributed by atoms with Gasteiger partial charge in [-0.3, -0.25) is 9.78 Å². The number of rotatable bonds is 6. The van der Waals surface area contributed by atoms with Crippen LogP contribution in [0.4, 0.5) is 8.78 Å². The van der Waals surface area contributed by atoms with E-state index in [1.807, 2.05) is 6.07 Å². The third-order valence-corrected chi connectivity index (χ3v) is 8.17. The van der Waals surface area contributed by atoms with Gasteiger partial charge in [0.15, 0.2) is 0 Å². The Labute approximate surface area is 173 Å². The van der Waals surface area contributed by atoms with Crippen molar-refractivity contribution in [2.75, 3.05) is 13.1 Å². The van der Waals surface area contributed by atoms with Crippen molar-refractivity contribution >= 4 is 15.9 Å². The van der Waals surface area contributed by atoms with Crippen LogP contribution in [-0.2, 0) is 21.4 Å². The van der Waals surface area contributed by atoms with Gasteiger partial charge in [-0.05, 0) is 37.3 Å². The number of halogens is 2. The fourth-order valence-corrected chi connectivity index (χ4v) is 6.10. The van der Waals surface area contributed by atoms with Crippen molar-refractivity contribution in [1.29, 1.82) is 0 Å². The highest BCUT2D eigenvalue weighted by Gasteiger charge is 2.56. The molecule has 1 N–H and O–H groups in total. The molecule has 0 radical (unpaired) electrons. The fourth-order valence-electron chi connectivity index (χ4n) is 4.41. The van der Waals surface area contributed by atoms with Gasteiger partial charge in [0, 0.05) is 19.3 Å². The fraction of sp³-hybridized carbons (Fsp3) is 0.526. The first-order chi connectivity index (χ1) is 14.2. The maximum absolute atomic E-state index is 13.2. The number of hydrogen-bond acceptors (Lipinski definition) is 5. The summed E-state index contributed by atoms with van der Waals surface area (Å²) in [6, 6.07) is 5.41. The van der Waals surface area contributed by atoms with Gasteiger partial charge in [0.1, 0.15) is 4.90 Å². The average Bonchev–Trinajstić information content (AvgIpc) is 3.29. The van der Waals surface area contributed by atoms with E-state index in [0.717, 1.165) is 25.5 Å². The van der Waals surface area contributed by atoms with Crippen molar-refractivity contribution in [3.05, 3.63) is 42.0 Å². The lowest BCUT2D eigenvalue weighted by Gasteiger charge is -2.42. The number of hydrogen-bond donors (Lipinski definition) is 1. The van der Waals surface area contributed by atoms with Crippen molar-refractivity contribution < 1.29 is 22.0 Å². The molecule has 0 bridgehead atoms. The summed E-state index contributed by atoms with van der Waals surface area (Å²) >= 11 is 0. The number of carbonyl (C=O) groups is 1. The van der Waals surface area contributed by atoms with Crippen molar-refractivity contribution in [3.63, 3.8) is 0 Å². The minimum absolute atomic E-state index is 0.0235. The topological polar surface area (TPSA) is 97.2 Å². The molecule has 1 aliphatic carbocycles. The van der Waals surface area contributed by atoms with Crippen LogP contribution in [0.2, 0.25) is 0 Å². The van der Waals surface area contributed by atoms with Gasteiger partial charge in [-0.25, -0.2) is 13.1 Å². The number of carbonyl (C=O) groups excluding carboxylic acids is 1. The van der Waals surface area contributed by atoms with Crippen LogP contribution >= 0.6 is 0 Å². The minimum atomic E-state index is -4.04. The lowest BCUT2D eigenvalue weighted by molar-refractivity contribution is -0.129. The number of amides is 1. The van der Waals surface area contributed by atoms with Gasteiger partial charge in [-0.2, -0.15) is 18.2 Å². The van der Waals surface area contributed by atoms with E-state index in [1.54, 1.807) is 18.3 Å². The number of sulfonamides is 1. The normalized spacial score (nSPS) is 21.1. The van der Waals surface area contributed by atoms with Crippen LogP contribution in [0.5, 0.6) is 0 Å². The molecule has 4 rings (SSSR count). The smallest absolute Gasteiger partial charge is 0.333 e. The van der Waals surface area contributed by atoms with Gasteiger partial charge in [-0.15, -0.1) is 0 Å². The molecule has 162 valence electrons. The molecule has 1 amide bonds. The Morgan fingerprint density at radius 1 is 1.37 bits per heavy atom. The SMILES string of the molecule is Cc1c(S(=O)(=O)N2CC(C(=O)NCc3ccccn3)C3(CCC3)C2)cnn1C(F)F. The third-order valence-electron chi connectivity index (χ3n) is 6.25. The number of nitrogens with zero attached hydrogens (tertiary/aromatic N) is 4. The molecular formula is C19H23F2N5O3S. The highest BCUT2D eigenvalue weighted by molar-refractivity contribution is 7.89. The van der Waals surface area contributed by atoms with Crippen LogP contribution in [0.1, 0.15) is 37.2 Å². The van der Waals surface area contributed by atoms with E-state index in [9.17, 15) is 22.0 Å². The molecule has 2 aromatic rings. The minimum Gasteiger partial charge on any atom is -0.350 e. The van der Waals surface area contributed by atoms with Gasteiger partial charge in [-0.1, -0.05) is 12.5 Å². The predicted octanol–water partition coefficient (Wildman–Crippen LogP) is 2.09. The van der Waals surface area contributed by atoms with Crippen LogP contribution < -0.4 is 5.32 Å². The van der Waals surface area contributed by atoms with E-state index in [4.69, 9.17) is 0 Å². The molecule has 1 saturated carbocycles. The van der Waals surface area contributed by atoms with Crippen LogP contribution in [0, 0.1) is 18.3 Å². The zero-order valence-corrected chi connectivity index (χ0v) is 17.3. The molecule has 1 unspecified atom stereocenters. The second-order valence-electron chi connectivity index (χ2n) is 7.92. The van der Waals surface area contributed by atoms with Crippen molar-refractivity contribution in [3.8, 4) is 0 Å². The predicted molar refractivity (Wildman–Crippen MR) is 103 cm³/mol. The van der Waals surface area contributed by atoms with E-state index in [0.29, 0.717) is 10.4 Å². The first-order valence-electron chi connectivity index (χ1n) is 9.75. The Kier molecular flexibility index (Phi) is 5.35. The van der Waals surface area contributed by atoms with Crippen LogP contribution in [0.25, 0.3) is 0 Å². The van der Waals surface area contributed by atoms with Crippen molar-refractivity contribution in [1.82, 2.24) is 24.4 Å². The number of alkyl halides is 2. The van der Waals surface area contributed by atoms with E-state index < -0.39 is 27.9 Å². The molecule has 2 aromatic heterocycles. The van der Waals surface area contributed by atoms with E-state index in [-0.39, 0.29) is 36.1 Å². The lowest BCUT2D eigenvalue weighted by atomic mass is 9.62. The van der Waals surface area contributed by atoms with Crippen molar-refractivity contribution in [2.24, 2.45) is 11.3 Å². The largest absolute Gasteiger partial charge is 0.350 e. The monoisotopic (exact) mass is 439 g/mol. The highest BCUT2D eigenvalue weighted by atomic mass is 32.2. The van der Waals surface area contributed by atoms with Crippen LogP contribution in [0.3, 0.4) is 0 Å². The van der Waals surface area contributed by atoms with E-state index >= 15 is 0 Å². The highest BCUT2D eigenvalue weighted by Crippen LogP contribution is 2.52. The zero-order valence-electron chi connectivity index (χ0n) is 16.5. The second kappa shape index (κ2) is 7.69. The average molecular weight is 439 g/mol. The zero-order chi connectivity index (χ0) is 21.5. The summed E-state index contributed by atoms with van der Waals surface area (Å²) in [5.74, 6) is -0.701. The third kappa shape index (κ3) is 3.49. The molecule has 1 atom stereocenters. The Morgan fingerprint density at radius 3 is 2.70 bits per heavy atom. The maximum atomic E-state index is 13.2. The molecule has 1 spiro atoms. The maximum Gasteiger partial charge on any atom is 0.333 e. The van der Waals surface area contributed by atoms with Gasteiger partial charge < -0.3 is 5.32 Å². The Balaban J connectivity index is 1.53. The summed E-state index contributed by atoms with van der Waals surface area (Å²) < 4.78 is 54.0. The molecular weight excluding hydrogens is 416 g/mol. The molecule has 30 heavy (non-hydrogen) atoms. The summed E-state index contributed by atoms with van der Waals surface area (Å²) in [5, 5.41) is 6.38. The Morgan fingerprint density at radius 2 is 2.13 bits per heavy atom. The lowest BCUT2D eigenvalue weighted by Crippen LogP contribution is -2.45. The molecule has 11 heteroatoms. The first-order valence-corrected chi connectivity index (χ1v) is 11.2. The van der Waals surface area contributed by atoms with Gasteiger partial charge in [0.25, 0.3) is 0 Å². The summed E-state index contributed by atoms with van der Waals surface area (Å²) in [6.45, 7) is -1.13. The first kappa shape index (κ1) is 20.9. The summed E-state index contributed by atoms with van der Waals surface area (Å²) in [6.07, 6.45) is 5.05. The molecule has 8 nitrogen and oxygen atoms in total.